The first-order valence-corrected chi connectivity index (χ1v) is 10.6. The molecule has 2 atom stereocenters. The molecule has 0 bridgehead atoms. The summed E-state index contributed by atoms with van der Waals surface area (Å²) in [6.07, 6.45) is 3.11. The summed E-state index contributed by atoms with van der Waals surface area (Å²) in [5, 5.41) is 13.6. The number of hydrogen-bond donors (Lipinski definition) is 0. The van der Waals surface area contributed by atoms with E-state index in [-0.39, 0.29) is 18.4 Å². The summed E-state index contributed by atoms with van der Waals surface area (Å²) in [5.74, 6) is 0.0778. The predicted octanol–water partition coefficient (Wildman–Crippen LogP) is 3.03. The smallest absolute Gasteiger partial charge is 0.263 e. The maximum absolute atomic E-state index is 13.2. The van der Waals surface area contributed by atoms with Gasteiger partial charge in [0.2, 0.25) is 11.7 Å². The van der Waals surface area contributed by atoms with Crippen molar-refractivity contribution < 1.29 is 14.1 Å². The Hall–Kier alpha value is -3.88. The van der Waals surface area contributed by atoms with Gasteiger partial charge in [-0.3, -0.25) is 14.6 Å². The van der Waals surface area contributed by atoms with Gasteiger partial charge < -0.3 is 4.52 Å². The molecule has 0 N–H and O–H groups in total. The Morgan fingerprint density at radius 3 is 2.69 bits per heavy atom. The molecule has 2 aromatic carbocycles. The highest BCUT2D eigenvalue weighted by Gasteiger charge is 2.55. The van der Waals surface area contributed by atoms with Crippen molar-refractivity contribution in [3.05, 3.63) is 65.0 Å². The normalized spacial score (nSPS) is 21.5. The van der Waals surface area contributed by atoms with Crippen LogP contribution in [0.1, 0.15) is 29.0 Å². The lowest BCUT2D eigenvalue weighted by molar-refractivity contribution is -0.123. The number of amides is 2. The van der Waals surface area contributed by atoms with Crippen molar-refractivity contribution in [3.8, 4) is 11.4 Å². The van der Waals surface area contributed by atoms with Gasteiger partial charge in [0.25, 0.3) is 11.8 Å². The number of anilines is 1. The van der Waals surface area contributed by atoms with Gasteiger partial charge in [0.05, 0.1) is 5.69 Å². The zero-order chi connectivity index (χ0) is 21.8. The summed E-state index contributed by atoms with van der Waals surface area (Å²) >= 11 is 0. The van der Waals surface area contributed by atoms with Crippen LogP contribution < -0.4 is 4.90 Å². The lowest BCUT2D eigenvalue weighted by Gasteiger charge is -2.19. The van der Waals surface area contributed by atoms with E-state index in [1.807, 2.05) is 49.4 Å². The Labute approximate surface area is 183 Å². The molecule has 1 fully saturated rings. The average molecular weight is 428 g/mol. The molecule has 6 rings (SSSR count). The van der Waals surface area contributed by atoms with Crippen molar-refractivity contribution in [1.29, 1.82) is 0 Å². The third kappa shape index (κ3) is 2.92. The molecule has 9 heteroatoms. The number of rotatable bonds is 4. The number of fused-ring (bicyclic) bond motifs is 2. The van der Waals surface area contributed by atoms with Gasteiger partial charge >= 0.3 is 0 Å². The van der Waals surface area contributed by atoms with E-state index in [0.717, 1.165) is 30.4 Å². The minimum atomic E-state index is -0.852. The molecule has 1 aromatic heterocycles. The van der Waals surface area contributed by atoms with Crippen LogP contribution in [0.4, 0.5) is 5.69 Å². The van der Waals surface area contributed by atoms with Crippen LogP contribution in [0.25, 0.3) is 11.4 Å². The van der Waals surface area contributed by atoms with Gasteiger partial charge in [0.1, 0.15) is 6.54 Å². The summed E-state index contributed by atoms with van der Waals surface area (Å²) in [6, 6.07) is 11.9. The van der Waals surface area contributed by atoms with Crippen LogP contribution in [-0.4, -0.2) is 39.0 Å². The second-order valence-corrected chi connectivity index (χ2v) is 8.39. The second-order valence-electron chi connectivity index (χ2n) is 8.39. The number of carbonyl (C=O) groups excluding carboxylic acids is 2. The molecule has 160 valence electrons. The number of aryl methyl sites for hydroxylation is 3. The molecular formula is C23H20N6O3. The van der Waals surface area contributed by atoms with E-state index in [1.54, 1.807) is 0 Å². The van der Waals surface area contributed by atoms with Gasteiger partial charge in [-0.15, -0.1) is 0 Å². The molecule has 32 heavy (non-hydrogen) atoms. The zero-order valence-corrected chi connectivity index (χ0v) is 17.4. The maximum Gasteiger partial charge on any atom is 0.263 e. The van der Waals surface area contributed by atoms with Crippen LogP contribution in [0, 0.1) is 6.92 Å². The maximum atomic E-state index is 13.2. The summed E-state index contributed by atoms with van der Waals surface area (Å²) < 4.78 is 5.37. The first-order valence-electron chi connectivity index (χ1n) is 10.6. The van der Waals surface area contributed by atoms with Crippen LogP contribution in [0.3, 0.4) is 0 Å². The van der Waals surface area contributed by atoms with Crippen LogP contribution in [0.2, 0.25) is 0 Å². The molecule has 3 aromatic rings. The lowest BCUT2D eigenvalue weighted by Crippen LogP contribution is -2.39. The molecule has 0 spiro atoms. The number of aromatic nitrogens is 2. The highest BCUT2D eigenvalue weighted by molar-refractivity contribution is 6.25. The van der Waals surface area contributed by atoms with Crippen molar-refractivity contribution >= 4 is 17.5 Å². The van der Waals surface area contributed by atoms with E-state index in [0.29, 0.717) is 17.4 Å². The molecule has 2 aliphatic heterocycles. The minimum absolute atomic E-state index is 0.0978. The average Bonchev–Trinajstić information content (AvgIpc) is 3.56. The molecular weight excluding hydrogens is 408 g/mol. The number of nitrogens with zero attached hydrogens (tertiary/aromatic N) is 6. The largest absolute Gasteiger partial charge is 0.337 e. The van der Waals surface area contributed by atoms with Crippen LogP contribution in [-0.2, 0) is 29.0 Å². The standard InChI is InChI=1S/C23H20N6O3/c1-13-5-7-15(8-6-13)21-24-18(32-26-21)12-28-20-19(25-27-28)22(30)29(23(20)31)17-10-9-14-3-2-4-16(14)11-17/h5-11,19-20H,2-4,12H2,1H3/t19-,20-/m0/s1. The Bertz CT molecular complexity index is 1260. The second kappa shape index (κ2) is 7.08. The molecule has 0 radical (unpaired) electrons. The molecule has 0 unspecified atom stereocenters. The number of carbonyl (C=O) groups is 2. The van der Waals surface area contributed by atoms with Crippen LogP contribution >= 0.6 is 0 Å². The monoisotopic (exact) mass is 428 g/mol. The molecule has 1 aliphatic carbocycles. The highest BCUT2D eigenvalue weighted by atomic mass is 16.5. The van der Waals surface area contributed by atoms with E-state index >= 15 is 0 Å². The van der Waals surface area contributed by atoms with E-state index in [4.69, 9.17) is 4.52 Å². The highest BCUT2D eigenvalue weighted by Crippen LogP contribution is 2.35. The SMILES string of the molecule is Cc1ccc(-c2noc(CN3N=N[C@@H]4C(=O)N(c5ccc6c(c5)CCC6)C(=O)[C@H]43)n2)cc1. The van der Waals surface area contributed by atoms with Crippen molar-refractivity contribution in [2.75, 3.05) is 4.90 Å². The van der Waals surface area contributed by atoms with Gasteiger partial charge in [0.15, 0.2) is 12.1 Å². The molecule has 9 nitrogen and oxygen atoms in total. The lowest BCUT2D eigenvalue weighted by atomic mass is 10.1. The molecule has 2 amide bonds. The van der Waals surface area contributed by atoms with E-state index in [9.17, 15) is 9.59 Å². The Balaban J connectivity index is 1.23. The van der Waals surface area contributed by atoms with Gasteiger partial charge in [-0.05, 0) is 49.4 Å². The van der Waals surface area contributed by atoms with Gasteiger partial charge in [-0.25, -0.2) is 4.90 Å². The number of hydrogen-bond acceptors (Lipinski definition) is 8. The van der Waals surface area contributed by atoms with E-state index in [1.165, 1.54) is 21.0 Å². The topological polar surface area (TPSA) is 104 Å². The van der Waals surface area contributed by atoms with Gasteiger partial charge in [0, 0.05) is 5.56 Å². The van der Waals surface area contributed by atoms with Crippen molar-refractivity contribution in [2.24, 2.45) is 10.3 Å². The fraction of sp³-hybridized carbons (Fsp3) is 0.304. The van der Waals surface area contributed by atoms with E-state index in [2.05, 4.69) is 20.5 Å². The summed E-state index contributed by atoms with van der Waals surface area (Å²) in [5.41, 5.74) is 5.06. The van der Waals surface area contributed by atoms with E-state index < -0.39 is 12.1 Å². The summed E-state index contributed by atoms with van der Waals surface area (Å²) in [4.78, 5) is 31.9. The predicted molar refractivity (Wildman–Crippen MR) is 113 cm³/mol. The van der Waals surface area contributed by atoms with Gasteiger partial charge in [-0.1, -0.05) is 46.3 Å². The first kappa shape index (κ1) is 18.9. The Kier molecular flexibility index (Phi) is 4.17. The first-order chi connectivity index (χ1) is 15.6. The molecule has 3 aliphatic rings. The summed E-state index contributed by atoms with van der Waals surface area (Å²) in [7, 11) is 0. The summed E-state index contributed by atoms with van der Waals surface area (Å²) in [6.45, 7) is 2.10. The zero-order valence-electron chi connectivity index (χ0n) is 17.4. The molecule has 0 saturated carbocycles. The van der Waals surface area contributed by atoms with Crippen LogP contribution in [0.15, 0.2) is 57.3 Å². The number of imide groups is 1. The fourth-order valence-corrected chi connectivity index (χ4v) is 4.58. The Morgan fingerprint density at radius 2 is 1.84 bits per heavy atom. The molecule has 3 heterocycles. The number of benzene rings is 2. The Morgan fingerprint density at radius 1 is 1.03 bits per heavy atom. The fourth-order valence-electron chi connectivity index (χ4n) is 4.58. The van der Waals surface area contributed by atoms with Crippen molar-refractivity contribution in [2.45, 2.75) is 44.8 Å². The minimum Gasteiger partial charge on any atom is -0.337 e. The third-order valence-corrected chi connectivity index (χ3v) is 6.27. The van der Waals surface area contributed by atoms with Gasteiger partial charge in [-0.2, -0.15) is 10.1 Å². The van der Waals surface area contributed by atoms with Crippen molar-refractivity contribution in [3.63, 3.8) is 0 Å². The quantitative estimate of drug-likeness (QED) is 0.592. The molecule has 1 saturated heterocycles. The van der Waals surface area contributed by atoms with Crippen molar-refractivity contribution in [1.82, 2.24) is 15.1 Å². The van der Waals surface area contributed by atoms with Crippen LogP contribution in [0.5, 0.6) is 0 Å². The third-order valence-electron chi connectivity index (χ3n) is 6.27.